The van der Waals surface area contributed by atoms with E-state index in [1.807, 2.05) is 29.8 Å². The van der Waals surface area contributed by atoms with Gasteiger partial charge in [0.05, 0.1) is 19.3 Å². The summed E-state index contributed by atoms with van der Waals surface area (Å²) in [5.41, 5.74) is 4.06. The third kappa shape index (κ3) is 5.02. The van der Waals surface area contributed by atoms with Gasteiger partial charge in [-0.15, -0.1) is 0 Å². The fourth-order valence-electron chi connectivity index (χ4n) is 3.94. The molecule has 3 aromatic rings. The number of hydrogen-bond acceptors (Lipinski definition) is 6. The Morgan fingerprint density at radius 1 is 1.19 bits per heavy atom. The molecule has 1 aliphatic heterocycles. The lowest BCUT2D eigenvalue weighted by Crippen LogP contribution is -2.39. The van der Waals surface area contributed by atoms with Gasteiger partial charge in [-0.25, -0.2) is 4.98 Å². The predicted octanol–water partition coefficient (Wildman–Crippen LogP) is 3.20. The maximum atomic E-state index is 12.8. The number of rotatable bonds is 6. The van der Waals surface area contributed by atoms with Gasteiger partial charge >= 0.3 is 0 Å². The Balaban J connectivity index is 1.34. The molecule has 8 heteroatoms. The number of methoxy groups -OCH3 is 1. The average Bonchev–Trinajstić information content (AvgIpc) is 3.10. The molecule has 3 heterocycles. The molecule has 0 bridgehead atoms. The first-order chi connectivity index (χ1) is 15.0. The van der Waals surface area contributed by atoms with Crippen molar-refractivity contribution in [2.24, 2.45) is 5.92 Å². The number of aryl methyl sites for hydroxylation is 2. The standard InChI is InChI=1S/C23H28N6O2/c1-16-13-17(2)29(27-16)15-18-5-4-6-20(14-18)25-22(30)19-8-11-28(12-9-19)23-24-10-7-21(26-23)31-3/h4-7,10,13-14,19H,8-9,11-12,15H2,1-3H3,(H,25,30). The number of nitrogens with zero attached hydrogens (tertiary/aromatic N) is 5. The van der Waals surface area contributed by atoms with Crippen molar-refractivity contribution in [3.63, 3.8) is 0 Å². The summed E-state index contributed by atoms with van der Waals surface area (Å²) in [5, 5.41) is 7.61. The number of ether oxygens (including phenoxy) is 1. The zero-order chi connectivity index (χ0) is 21.8. The third-order valence-corrected chi connectivity index (χ3v) is 5.61. The highest BCUT2D eigenvalue weighted by atomic mass is 16.5. The van der Waals surface area contributed by atoms with E-state index in [-0.39, 0.29) is 11.8 Å². The highest BCUT2D eigenvalue weighted by molar-refractivity contribution is 5.92. The second-order valence-electron chi connectivity index (χ2n) is 7.93. The summed E-state index contributed by atoms with van der Waals surface area (Å²) >= 11 is 0. The summed E-state index contributed by atoms with van der Waals surface area (Å²) in [5.74, 6) is 1.23. The number of carbonyl (C=O) groups excluding carboxylic acids is 1. The van der Waals surface area contributed by atoms with Crippen LogP contribution in [0.1, 0.15) is 29.8 Å². The Kier molecular flexibility index (Phi) is 6.16. The zero-order valence-corrected chi connectivity index (χ0v) is 18.2. The van der Waals surface area contributed by atoms with E-state index < -0.39 is 0 Å². The Morgan fingerprint density at radius 3 is 2.71 bits per heavy atom. The van der Waals surface area contributed by atoms with Crippen LogP contribution in [0.5, 0.6) is 5.88 Å². The fourth-order valence-corrected chi connectivity index (χ4v) is 3.94. The van der Waals surface area contributed by atoms with Crippen LogP contribution in [0.15, 0.2) is 42.6 Å². The maximum absolute atomic E-state index is 12.8. The second kappa shape index (κ2) is 9.16. The molecule has 0 aliphatic carbocycles. The van der Waals surface area contributed by atoms with Crippen molar-refractivity contribution in [2.75, 3.05) is 30.4 Å². The van der Waals surface area contributed by atoms with Crippen molar-refractivity contribution in [1.82, 2.24) is 19.7 Å². The molecule has 2 aromatic heterocycles. The number of benzene rings is 1. The molecule has 1 aliphatic rings. The number of aromatic nitrogens is 4. The van der Waals surface area contributed by atoms with Crippen LogP contribution in [0.2, 0.25) is 0 Å². The van der Waals surface area contributed by atoms with Crippen LogP contribution >= 0.6 is 0 Å². The number of carbonyl (C=O) groups is 1. The van der Waals surface area contributed by atoms with Crippen molar-refractivity contribution < 1.29 is 9.53 Å². The SMILES string of the molecule is COc1ccnc(N2CCC(C(=O)Nc3cccc(Cn4nc(C)cc4C)c3)CC2)n1. The van der Waals surface area contributed by atoms with Gasteiger partial charge in [0, 0.05) is 42.7 Å². The van der Waals surface area contributed by atoms with Gasteiger partial charge < -0.3 is 15.0 Å². The highest BCUT2D eigenvalue weighted by Crippen LogP contribution is 2.23. The lowest BCUT2D eigenvalue weighted by molar-refractivity contribution is -0.120. The quantitative estimate of drug-likeness (QED) is 0.659. The van der Waals surface area contributed by atoms with Crippen molar-refractivity contribution in [2.45, 2.75) is 33.2 Å². The molecular weight excluding hydrogens is 392 g/mol. The number of hydrogen-bond donors (Lipinski definition) is 1. The molecule has 31 heavy (non-hydrogen) atoms. The molecule has 0 unspecified atom stereocenters. The largest absolute Gasteiger partial charge is 0.481 e. The maximum Gasteiger partial charge on any atom is 0.228 e. The first-order valence-corrected chi connectivity index (χ1v) is 10.5. The molecule has 1 fully saturated rings. The Hall–Kier alpha value is -3.42. The molecular formula is C23H28N6O2. The van der Waals surface area contributed by atoms with Crippen LogP contribution in [0, 0.1) is 19.8 Å². The molecule has 1 saturated heterocycles. The van der Waals surface area contributed by atoms with Crippen molar-refractivity contribution >= 4 is 17.5 Å². The lowest BCUT2D eigenvalue weighted by Gasteiger charge is -2.31. The van der Waals surface area contributed by atoms with E-state index in [1.54, 1.807) is 19.4 Å². The van der Waals surface area contributed by atoms with E-state index >= 15 is 0 Å². The van der Waals surface area contributed by atoms with E-state index in [1.165, 1.54) is 0 Å². The van der Waals surface area contributed by atoms with Crippen LogP contribution in [0.4, 0.5) is 11.6 Å². The normalized spacial score (nSPS) is 14.5. The molecule has 0 radical (unpaired) electrons. The minimum atomic E-state index is -0.0264. The fraction of sp³-hybridized carbons (Fsp3) is 0.391. The Morgan fingerprint density at radius 2 is 2.00 bits per heavy atom. The van der Waals surface area contributed by atoms with Crippen molar-refractivity contribution in [1.29, 1.82) is 0 Å². The minimum absolute atomic E-state index is 0.0264. The first-order valence-electron chi connectivity index (χ1n) is 10.5. The van der Waals surface area contributed by atoms with Crippen molar-refractivity contribution in [3.05, 3.63) is 59.5 Å². The Bertz CT molecular complexity index is 1060. The molecule has 0 atom stereocenters. The monoisotopic (exact) mass is 420 g/mol. The van der Waals surface area contributed by atoms with Gasteiger partial charge in [-0.05, 0) is 50.5 Å². The summed E-state index contributed by atoms with van der Waals surface area (Å²) in [7, 11) is 1.59. The van der Waals surface area contributed by atoms with Crippen LogP contribution in [-0.2, 0) is 11.3 Å². The van der Waals surface area contributed by atoms with Gasteiger partial charge in [0.15, 0.2) is 0 Å². The van der Waals surface area contributed by atoms with Gasteiger partial charge in [-0.1, -0.05) is 12.1 Å². The van der Waals surface area contributed by atoms with Crippen molar-refractivity contribution in [3.8, 4) is 5.88 Å². The van der Waals surface area contributed by atoms with E-state index in [0.29, 0.717) is 18.4 Å². The molecule has 0 saturated carbocycles. The lowest BCUT2D eigenvalue weighted by atomic mass is 9.96. The molecule has 8 nitrogen and oxygen atoms in total. The number of anilines is 2. The number of nitrogens with one attached hydrogen (secondary N) is 1. The zero-order valence-electron chi connectivity index (χ0n) is 18.2. The molecule has 4 rings (SSSR count). The van der Waals surface area contributed by atoms with Crippen LogP contribution in [0.3, 0.4) is 0 Å². The second-order valence-corrected chi connectivity index (χ2v) is 7.93. The summed E-state index contributed by atoms with van der Waals surface area (Å²) in [6.07, 6.45) is 3.22. The summed E-state index contributed by atoms with van der Waals surface area (Å²) in [4.78, 5) is 23.7. The smallest absolute Gasteiger partial charge is 0.228 e. The van der Waals surface area contributed by atoms with Gasteiger partial charge in [0.25, 0.3) is 0 Å². The van der Waals surface area contributed by atoms with Gasteiger partial charge in [0.1, 0.15) is 0 Å². The molecule has 1 aromatic carbocycles. The van der Waals surface area contributed by atoms with E-state index in [4.69, 9.17) is 4.74 Å². The van der Waals surface area contributed by atoms with Gasteiger partial charge in [-0.3, -0.25) is 9.48 Å². The van der Waals surface area contributed by atoms with Gasteiger partial charge in [-0.2, -0.15) is 10.1 Å². The first kappa shape index (κ1) is 20.8. The minimum Gasteiger partial charge on any atom is -0.481 e. The molecule has 1 N–H and O–H groups in total. The molecule has 1 amide bonds. The number of amides is 1. The predicted molar refractivity (Wildman–Crippen MR) is 119 cm³/mol. The highest BCUT2D eigenvalue weighted by Gasteiger charge is 2.26. The summed E-state index contributed by atoms with van der Waals surface area (Å²) < 4.78 is 7.16. The summed E-state index contributed by atoms with van der Waals surface area (Å²) in [6, 6.07) is 11.8. The van der Waals surface area contributed by atoms with Crippen LogP contribution in [0.25, 0.3) is 0 Å². The third-order valence-electron chi connectivity index (χ3n) is 5.61. The average molecular weight is 421 g/mol. The van der Waals surface area contributed by atoms with E-state index in [9.17, 15) is 4.79 Å². The van der Waals surface area contributed by atoms with E-state index in [2.05, 4.69) is 44.3 Å². The van der Waals surface area contributed by atoms with Gasteiger partial charge in [0.2, 0.25) is 17.7 Å². The number of piperidine rings is 1. The topological polar surface area (TPSA) is 85.2 Å². The Labute approximate surface area is 182 Å². The van der Waals surface area contributed by atoms with Crippen LogP contribution < -0.4 is 15.0 Å². The van der Waals surface area contributed by atoms with E-state index in [0.717, 1.165) is 48.6 Å². The molecule has 162 valence electrons. The van der Waals surface area contributed by atoms with Crippen LogP contribution in [-0.4, -0.2) is 45.9 Å². The molecule has 0 spiro atoms. The summed E-state index contributed by atoms with van der Waals surface area (Å²) in [6.45, 7) is 6.20.